The first-order valence-corrected chi connectivity index (χ1v) is 15.5. The van der Waals surface area contributed by atoms with E-state index in [4.69, 9.17) is 0 Å². The van der Waals surface area contributed by atoms with Gasteiger partial charge in [-0.25, -0.2) is 26.3 Å². The van der Waals surface area contributed by atoms with Gasteiger partial charge in [0.15, 0.2) is 11.6 Å². The summed E-state index contributed by atoms with van der Waals surface area (Å²) in [6, 6.07) is 10.3. The number of rotatable bonds is 7. The quantitative estimate of drug-likeness (QED) is 0.293. The molecule has 2 fully saturated rings. The van der Waals surface area contributed by atoms with Gasteiger partial charge in [0.05, 0.1) is 10.9 Å². The van der Waals surface area contributed by atoms with Crippen molar-refractivity contribution in [2.24, 2.45) is 0 Å². The Hall–Kier alpha value is -3.90. The summed E-state index contributed by atoms with van der Waals surface area (Å²) in [6.45, 7) is 4.34. The van der Waals surface area contributed by atoms with Gasteiger partial charge in [0, 0.05) is 72.7 Å². The van der Waals surface area contributed by atoms with Crippen LogP contribution in [0.1, 0.15) is 32.6 Å². The van der Waals surface area contributed by atoms with Crippen LogP contribution >= 0.6 is 0 Å². The summed E-state index contributed by atoms with van der Waals surface area (Å²) < 4.78 is 75.9. The number of nitrogens with one attached hydrogen (secondary N) is 2. The maximum Gasteiger partial charge on any atom is 0.235 e. The largest absolute Gasteiger partial charge is 0.369 e. The molecule has 1 saturated heterocycles. The topological polar surface area (TPSA) is 92.1 Å². The van der Waals surface area contributed by atoms with Crippen molar-refractivity contribution in [1.82, 2.24) is 20.1 Å². The van der Waals surface area contributed by atoms with Gasteiger partial charge in [0.1, 0.15) is 17.2 Å². The lowest BCUT2D eigenvalue weighted by Gasteiger charge is -2.33. The van der Waals surface area contributed by atoms with Gasteiger partial charge in [0.2, 0.25) is 10.0 Å². The molecule has 1 aliphatic heterocycles. The molecule has 0 spiro atoms. The number of halogens is 3. The second-order valence-corrected chi connectivity index (χ2v) is 12.8. The van der Waals surface area contributed by atoms with Crippen molar-refractivity contribution < 1.29 is 21.6 Å². The highest BCUT2D eigenvalue weighted by Crippen LogP contribution is 2.38. The molecule has 220 valence electrons. The predicted octanol–water partition coefficient (Wildman–Crippen LogP) is 5.50. The lowest BCUT2D eigenvalue weighted by molar-refractivity contribution is 0.484. The van der Waals surface area contributed by atoms with E-state index in [1.165, 1.54) is 29.3 Å². The molecule has 2 N–H and O–H groups in total. The highest BCUT2D eigenvalue weighted by Gasteiger charge is 2.30. The molecule has 0 unspecified atom stereocenters. The molecule has 0 radical (unpaired) electrons. The van der Waals surface area contributed by atoms with Crippen molar-refractivity contribution in [2.75, 3.05) is 29.3 Å². The van der Waals surface area contributed by atoms with Gasteiger partial charge in [-0.05, 0) is 56.2 Å². The Kier molecular flexibility index (Phi) is 7.67. The van der Waals surface area contributed by atoms with Gasteiger partial charge in [0.25, 0.3) is 0 Å². The van der Waals surface area contributed by atoms with E-state index in [1.807, 2.05) is 6.07 Å². The Morgan fingerprint density at radius 3 is 2.48 bits per heavy atom. The second-order valence-electron chi connectivity index (χ2n) is 10.9. The molecule has 2 aromatic carbocycles. The number of anilines is 2. The van der Waals surface area contributed by atoms with Gasteiger partial charge in [-0.3, -0.25) is 9.71 Å². The zero-order chi connectivity index (χ0) is 29.4. The first kappa shape index (κ1) is 28.2. The van der Waals surface area contributed by atoms with Crippen LogP contribution in [-0.4, -0.2) is 54.1 Å². The zero-order valence-corrected chi connectivity index (χ0v) is 23.8. The molecule has 1 aliphatic carbocycles. The standard InChI is InChI=1S/C30H31F3N6O2S/c1-19-17-38(13-12-35-19)22-6-7-28(26(32)16-22)39-18-25(30(36-39)20-8-10-34-11-9-20)24-14-21(31)15-27(29(24)33)37-42(40,41)23-4-2-3-5-23/h6-11,14-16,18-19,23,35,37H,2-5,12-13,17H2,1H3/t19-/m1/s1. The molecule has 0 bridgehead atoms. The van der Waals surface area contributed by atoms with E-state index >= 15 is 8.78 Å². The van der Waals surface area contributed by atoms with Crippen molar-refractivity contribution in [3.8, 4) is 28.1 Å². The number of hydrogen-bond donors (Lipinski definition) is 2. The summed E-state index contributed by atoms with van der Waals surface area (Å²) in [5.41, 5.74) is 1.14. The Balaban J connectivity index is 1.42. The molecule has 0 amide bonds. The fraction of sp³-hybridized carbons (Fsp3) is 0.333. The number of piperazine rings is 1. The van der Waals surface area contributed by atoms with Crippen LogP contribution < -0.4 is 14.9 Å². The lowest BCUT2D eigenvalue weighted by Crippen LogP contribution is -2.49. The third-order valence-electron chi connectivity index (χ3n) is 7.90. The van der Waals surface area contributed by atoms with Crippen molar-refractivity contribution in [1.29, 1.82) is 0 Å². The van der Waals surface area contributed by atoms with Crippen molar-refractivity contribution in [3.05, 3.63) is 78.5 Å². The molecule has 8 nitrogen and oxygen atoms in total. The maximum absolute atomic E-state index is 16.0. The molecule has 1 saturated carbocycles. The van der Waals surface area contributed by atoms with E-state index in [0.29, 0.717) is 18.4 Å². The molecule has 1 atom stereocenters. The minimum atomic E-state index is -3.92. The Labute approximate surface area is 242 Å². The molecule has 42 heavy (non-hydrogen) atoms. The summed E-state index contributed by atoms with van der Waals surface area (Å²) >= 11 is 0. The first-order valence-electron chi connectivity index (χ1n) is 14.0. The van der Waals surface area contributed by atoms with E-state index in [1.54, 1.807) is 18.2 Å². The molecule has 3 heterocycles. The van der Waals surface area contributed by atoms with E-state index in [9.17, 15) is 12.8 Å². The van der Waals surface area contributed by atoms with Crippen LogP contribution in [0.2, 0.25) is 0 Å². The summed E-state index contributed by atoms with van der Waals surface area (Å²) in [5, 5.41) is 7.28. The van der Waals surface area contributed by atoms with Crippen LogP contribution in [0.3, 0.4) is 0 Å². The van der Waals surface area contributed by atoms with Crippen LogP contribution in [0.4, 0.5) is 24.5 Å². The minimum absolute atomic E-state index is 0.127. The van der Waals surface area contributed by atoms with Crippen LogP contribution in [0.5, 0.6) is 0 Å². The molecular weight excluding hydrogens is 565 g/mol. The van der Waals surface area contributed by atoms with Crippen LogP contribution in [0, 0.1) is 17.5 Å². The van der Waals surface area contributed by atoms with Crippen LogP contribution in [0.25, 0.3) is 28.1 Å². The fourth-order valence-electron chi connectivity index (χ4n) is 5.76. The van der Waals surface area contributed by atoms with Crippen molar-refractivity contribution in [3.63, 3.8) is 0 Å². The van der Waals surface area contributed by atoms with Crippen LogP contribution in [-0.2, 0) is 10.0 Å². The van der Waals surface area contributed by atoms with Gasteiger partial charge >= 0.3 is 0 Å². The van der Waals surface area contributed by atoms with Crippen molar-refractivity contribution >= 4 is 21.4 Å². The molecule has 4 aromatic rings. The number of hydrogen-bond acceptors (Lipinski definition) is 6. The summed E-state index contributed by atoms with van der Waals surface area (Å²) in [5.74, 6) is -2.31. The van der Waals surface area contributed by atoms with Crippen LogP contribution in [0.15, 0.2) is 61.1 Å². The monoisotopic (exact) mass is 596 g/mol. The van der Waals surface area contributed by atoms with Gasteiger partial charge in [-0.15, -0.1) is 0 Å². The minimum Gasteiger partial charge on any atom is -0.369 e. The highest BCUT2D eigenvalue weighted by molar-refractivity contribution is 7.93. The summed E-state index contributed by atoms with van der Waals surface area (Å²) in [7, 11) is -3.92. The Bertz CT molecular complexity index is 1710. The highest BCUT2D eigenvalue weighted by atomic mass is 32.2. The molecule has 2 aliphatic rings. The summed E-state index contributed by atoms with van der Waals surface area (Å²) in [6.07, 6.45) is 6.96. The average Bonchev–Trinajstić information content (AvgIpc) is 3.67. The van der Waals surface area contributed by atoms with Gasteiger partial charge in [-0.1, -0.05) is 12.8 Å². The number of sulfonamides is 1. The SMILES string of the molecule is C[C@@H]1CN(c2ccc(-n3cc(-c4cc(F)cc(NS(=O)(=O)C5CCCC5)c4F)c(-c4ccncc4)n3)c(F)c2)CCN1. The smallest absolute Gasteiger partial charge is 0.235 e. The Morgan fingerprint density at radius 2 is 1.76 bits per heavy atom. The molecule has 12 heteroatoms. The van der Waals surface area contributed by atoms with E-state index in [2.05, 4.69) is 31.9 Å². The second kappa shape index (κ2) is 11.4. The van der Waals surface area contributed by atoms with Gasteiger partial charge < -0.3 is 10.2 Å². The predicted molar refractivity (Wildman–Crippen MR) is 157 cm³/mol. The third kappa shape index (κ3) is 5.60. The normalized spacial score (nSPS) is 18.0. The third-order valence-corrected chi connectivity index (χ3v) is 9.75. The lowest BCUT2D eigenvalue weighted by atomic mass is 10.0. The first-order chi connectivity index (χ1) is 20.2. The molecule has 6 rings (SSSR count). The molecule has 2 aromatic heterocycles. The Morgan fingerprint density at radius 1 is 1.00 bits per heavy atom. The van der Waals surface area contributed by atoms with E-state index in [0.717, 1.165) is 50.3 Å². The van der Waals surface area contributed by atoms with E-state index in [-0.39, 0.29) is 28.6 Å². The number of nitrogens with zero attached hydrogens (tertiary/aromatic N) is 4. The van der Waals surface area contributed by atoms with E-state index < -0.39 is 38.4 Å². The fourth-order valence-corrected chi connectivity index (χ4v) is 7.33. The number of pyridine rings is 1. The van der Waals surface area contributed by atoms with Gasteiger partial charge in [-0.2, -0.15) is 5.10 Å². The number of benzene rings is 2. The number of aromatic nitrogens is 3. The van der Waals surface area contributed by atoms with Crippen molar-refractivity contribution in [2.45, 2.75) is 43.9 Å². The zero-order valence-electron chi connectivity index (χ0n) is 23.0. The molecular formula is C30H31F3N6O2S. The average molecular weight is 597 g/mol. The summed E-state index contributed by atoms with van der Waals surface area (Å²) in [4.78, 5) is 6.12. The maximum atomic E-state index is 16.0.